The molecule has 0 atom stereocenters. The Morgan fingerprint density at radius 1 is 0.234 bits per heavy atom. The molecule has 4 nitrogen and oxygen atoms in total. The van der Waals surface area contributed by atoms with E-state index in [0.29, 0.717) is 0 Å². The molecule has 0 fully saturated rings. The lowest BCUT2D eigenvalue weighted by atomic mass is 9.33. The van der Waals surface area contributed by atoms with Gasteiger partial charge in [-0.25, -0.2) is 0 Å². The number of fused-ring (bicyclic) bond motifs is 24. The molecule has 0 saturated heterocycles. The summed E-state index contributed by atoms with van der Waals surface area (Å²) < 4.78 is 5.29. The number of rotatable bonds is 8. The van der Waals surface area contributed by atoms with E-state index in [1.807, 2.05) is 0 Å². The number of aromatic nitrogens is 2. The van der Waals surface area contributed by atoms with Crippen LogP contribution in [0.4, 0.5) is 34.1 Å². The molecule has 2 aromatic heterocycles. The van der Waals surface area contributed by atoms with Crippen LogP contribution in [0.1, 0.15) is 26.3 Å². The van der Waals surface area contributed by atoms with E-state index < -0.39 is 0 Å². The van der Waals surface area contributed by atoms with Crippen LogP contribution < -0.4 is 26.2 Å². The van der Waals surface area contributed by atoms with Gasteiger partial charge >= 0.3 is 0 Å². The van der Waals surface area contributed by atoms with Crippen molar-refractivity contribution in [1.29, 1.82) is 0 Å². The molecule has 518 valence electrons. The fourth-order valence-electron chi connectivity index (χ4n) is 19.5. The van der Waals surface area contributed by atoms with E-state index in [2.05, 4.69) is 416 Å². The molecule has 0 radical (unpaired) electrons. The molecule has 2 aliphatic rings. The third-order valence-corrected chi connectivity index (χ3v) is 24.3. The van der Waals surface area contributed by atoms with Gasteiger partial charge in [0.25, 0.3) is 6.71 Å². The van der Waals surface area contributed by atoms with Crippen molar-refractivity contribution in [3.05, 3.63) is 382 Å². The SMILES string of the molecule is CC(C)(C)c1cc2c3c(c1)N(c1c(-c4ccccc4)cccc1-c1ccccc1)c1cc(-n4c5c6ccccc6ccc5c5c6ccccc6c6ccccc6c54)ccc1B3c1ccc(-n3c4c5ccccc5ccc4c4c5ccccc5c5ccccc5c43)cc1N2c1c(-c2ccccc2)cccc1-c1ccccc1. The zero-order valence-corrected chi connectivity index (χ0v) is 61.7. The Labute approximate surface area is 643 Å². The number of benzene rings is 19. The first-order valence-corrected chi connectivity index (χ1v) is 38.8. The Morgan fingerprint density at radius 3 is 0.910 bits per heavy atom. The molecular weight excluding hydrogens is 1340 g/mol. The Kier molecular flexibility index (Phi) is 13.8. The van der Waals surface area contributed by atoms with E-state index in [9.17, 15) is 0 Å². The van der Waals surface area contributed by atoms with E-state index in [4.69, 9.17) is 0 Å². The van der Waals surface area contributed by atoms with Crippen LogP contribution in [0.15, 0.2) is 376 Å². The van der Waals surface area contributed by atoms with Crippen LogP contribution in [0.5, 0.6) is 0 Å². The van der Waals surface area contributed by atoms with Crippen LogP contribution >= 0.6 is 0 Å². The summed E-state index contributed by atoms with van der Waals surface area (Å²) in [5.41, 5.74) is 27.3. The number of para-hydroxylation sites is 2. The largest absolute Gasteiger partial charge is 0.310 e. The lowest BCUT2D eigenvalue weighted by molar-refractivity contribution is 0.590. The predicted octanol–water partition coefficient (Wildman–Crippen LogP) is 26.8. The van der Waals surface area contributed by atoms with Crippen molar-refractivity contribution < 1.29 is 0 Å². The summed E-state index contributed by atoms with van der Waals surface area (Å²) in [6, 6.07) is 143. The Bertz CT molecular complexity index is 6940. The van der Waals surface area contributed by atoms with Gasteiger partial charge < -0.3 is 18.9 Å². The second-order valence-electron chi connectivity index (χ2n) is 31.3. The van der Waals surface area contributed by atoms with Gasteiger partial charge in [0.2, 0.25) is 0 Å². The normalized spacial score (nSPS) is 12.8. The summed E-state index contributed by atoms with van der Waals surface area (Å²) in [4.78, 5) is 5.45. The standard InChI is InChI=1S/C106H71BN4/c1-106(2,3)72-62-95-99-96(63-72)111(101-79(68-34-12-6-13-35-68)52-29-53-80(101)69-36-14-7-15-37-69)94-65-74(109-103-76-41-19-17-39-71(76)55-59-90(103)98-86-47-25-21-43-82(86)84-45-23-27-49-88(84)105(98)109)57-61-92(94)107(99)91-60-56-73(64-93(91)110(95)100-77(66-30-8-4-9-31-66)50-28-51-78(100)67-32-10-5-11-33-67)108-102-75-40-18-16-38-70(75)54-58-89(102)97-85-46-24-20-42-81(85)83-44-22-26-48-87(83)104(97)108/h4-65H,1-3H3. The highest BCUT2D eigenvalue weighted by atomic mass is 15.2. The quantitative estimate of drug-likeness (QED) is 0.111. The average Bonchev–Trinajstić information content (AvgIpc) is 1.47. The van der Waals surface area contributed by atoms with Gasteiger partial charge in [0.15, 0.2) is 0 Å². The molecule has 5 heteroatoms. The van der Waals surface area contributed by atoms with Crippen LogP contribution in [0.2, 0.25) is 0 Å². The van der Waals surface area contributed by atoms with Crippen LogP contribution in [0.25, 0.3) is 164 Å². The van der Waals surface area contributed by atoms with Gasteiger partial charge in [-0.3, -0.25) is 0 Å². The van der Waals surface area contributed by atoms with Crippen LogP contribution in [0.3, 0.4) is 0 Å². The molecule has 19 aromatic carbocycles. The van der Waals surface area contributed by atoms with Crippen LogP contribution in [-0.4, -0.2) is 15.8 Å². The molecule has 21 aromatic rings. The summed E-state index contributed by atoms with van der Waals surface area (Å²) in [6.07, 6.45) is 0. The fourth-order valence-corrected chi connectivity index (χ4v) is 19.5. The van der Waals surface area contributed by atoms with Gasteiger partial charge in [0.05, 0.1) is 33.4 Å². The monoisotopic (exact) mass is 1410 g/mol. The molecule has 0 saturated carbocycles. The highest BCUT2D eigenvalue weighted by Crippen LogP contribution is 2.56. The Hall–Kier alpha value is -14.0. The second-order valence-corrected chi connectivity index (χ2v) is 31.3. The molecule has 0 unspecified atom stereocenters. The molecule has 0 spiro atoms. The van der Waals surface area contributed by atoms with Crippen molar-refractivity contribution >= 4 is 165 Å². The van der Waals surface area contributed by atoms with Gasteiger partial charge in [0.1, 0.15) is 0 Å². The molecule has 0 aliphatic carbocycles. The summed E-state index contributed by atoms with van der Waals surface area (Å²) >= 11 is 0. The van der Waals surface area contributed by atoms with E-state index >= 15 is 0 Å². The first-order valence-electron chi connectivity index (χ1n) is 38.8. The van der Waals surface area contributed by atoms with Gasteiger partial charge in [-0.2, -0.15) is 0 Å². The molecule has 4 heterocycles. The van der Waals surface area contributed by atoms with E-state index in [-0.39, 0.29) is 12.1 Å². The van der Waals surface area contributed by atoms with E-state index in [1.54, 1.807) is 0 Å². The highest BCUT2D eigenvalue weighted by molar-refractivity contribution is 7.00. The zero-order chi connectivity index (χ0) is 73.3. The summed E-state index contributed by atoms with van der Waals surface area (Å²) in [5.74, 6) is 0. The topological polar surface area (TPSA) is 16.3 Å². The van der Waals surface area contributed by atoms with Gasteiger partial charge in [-0.1, -0.05) is 360 Å². The van der Waals surface area contributed by atoms with Crippen molar-refractivity contribution in [3.8, 4) is 55.9 Å². The summed E-state index contributed by atoms with van der Waals surface area (Å²) in [5, 5.41) is 19.7. The third-order valence-electron chi connectivity index (χ3n) is 24.3. The minimum Gasteiger partial charge on any atom is -0.310 e. The maximum atomic E-state index is 2.73. The molecule has 0 bridgehead atoms. The predicted molar refractivity (Wildman–Crippen MR) is 475 cm³/mol. The van der Waals surface area contributed by atoms with Gasteiger partial charge in [-0.15, -0.1) is 0 Å². The first kappa shape index (κ1) is 63.1. The Morgan fingerprint density at radius 2 is 0.550 bits per heavy atom. The van der Waals surface area contributed by atoms with Crippen LogP contribution in [-0.2, 0) is 5.41 Å². The minimum absolute atomic E-state index is 0.287. The number of hydrogen-bond acceptors (Lipinski definition) is 2. The maximum absolute atomic E-state index is 2.73. The number of anilines is 6. The van der Waals surface area contributed by atoms with Gasteiger partial charge in [-0.05, 0) is 129 Å². The molecular formula is C106H71BN4. The van der Waals surface area contributed by atoms with Crippen molar-refractivity contribution in [2.24, 2.45) is 0 Å². The average molecular weight is 1410 g/mol. The molecule has 0 amide bonds. The van der Waals surface area contributed by atoms with Gasteiger partial charge in [0, 0.05) is 99.5 Å². The highest BCUT2D eigenvalue weighted by Gasteiger charge is 2.46. The van der Waals surface area contributed by atoms with Crippen molar-refractivity contribution in [1.82, 2.24) is 9.13 Å². The van der Waals surface area contributed by atoms with E-state index in [1.165, 1.54) is 130 Å². The smallest absolute Gasteiger partial charge is 0.252 e. The van der Waals surface area contributed by atoms with Crippen molar-refractivity contribution in [2.75, 3.05) is 9.80 Å². The maximum Gasteiger partial charge on any atom is 0.252 e. The zero-order valence-electron chi connectivity index (χ0n) is 61.7. The third kappa shape index (κ3) is 9.30. The molecule has 111 heavy (non-hydrogen) atoms. The lowest BCUT2D eigenvalue weighted by Gasteiger charge is -2.46. The van der Waals surface area contributed by atoms with E-state index in [0.717, 1.165) is 90.0 Å². The molecule has 23 rings (SSSR count). The van der Waals surface area contributed by atoms with Crippen LogP contribution in [0, 0.1) is 0 Å². The number of hydrogen-bond donors (Lipinski definition) is 0. The lowest BCUT2D eigenvalue weighted by Crippen LogP contribution is -2.61. The second kappa shape index (κ2) is 24.3. The summed E-state index contributed by atoms with van der Waals surface area (Å²) in [6.45, 7) is 6.92. The first-order chi connectivity index (χ1) is 54.8. The molecule has 0 N–H and O–H groups in total. The minimum atomic E-state index is -0.354. The van der Waals surface area contributed by atoms with Crippen molar-refractivity contribution in [3.63, 3.8) is 0 Å². The number of nitrogens with zero attached hydrogens (tertiary/aromatic N) is 4. The fraction of sp³-hybridized carbons (Fsp3) is 0.0377. The van der Waals surface area contributed by atoms with Crippen molar-refractivity contribution in [2.45, 2.75) is 26.2 Å². The Balaban J connectivity index is 0.908. The summed E-state index contributed by atoms with van der Waals surface area (Å²) in [7, 11) is 0. The molecule has 2 aliphatic heterocycles.